The third-order valence-corrected chi connectivity index (χ3v) is 4.34. The number of pyridine rings is 1. The van der Waals surface area contributed by atoms with Gasteiger partial charge in [0.1, 0.15) is 0 Å². The van der Waals surface area contributed by atoms with E-state index in [0.29, 0.717) is 14.4 Å². The standard InChI is InChI=1S/C10H10N4O2S2/c1-7(15)13-14-10-12-6-9(17-10)18(16)8-4-2-3-5-11-8/h2-6H,1H3,(H,12,14)(H,13,15). The van der Waals surface area contributed by atoms with Gasteiger partial charge in [0.25, 0.3) is 5.03 Å². The molecule has 0 saturated heterocycles. The summed E-state index contributed by atoms with van der Waals surface area (Å²) in [6, 6.07) is 5.23. The van der Waals surface area contributed by atoms with E-state index in [-0.39, 0.29) is 5.91 Å². The van der Waals surface area contributed by atoms with Gasteiger partial charge in [0.2, 0.25) is 15.2 Å². The lowest BCUT2D eigenvalue weighted by Crippen LogP contribution is -2.26. The minimum atomic E-state index is -1.35. The van der Waals surface area contributed by atoms with Crippen molar-refractivity contribution in [3.05, 3.63) is 30.6 Å². The van der Waals surface area contributed by atoms with E-state index in [1.54, 1.807) is 24.4 Å². The van der Waals surface area contributed by atoms with Crippen molar-refractivity contribution in [2.75, 3.05) is 5.43 Å². The summed E-state index contributed by atoms with van der Waals surface area (Å²) in [7, 11) is 0. The van der Waals surface area contributed by atoms with Crippen LogP contribution in [0.15, 0.2) is 39.8 Å². The van der Waals surface area contributed by atoms with Gasteiger partial charge in [-0.05, 0) is 17.4 Å². The van der Waals surface area contributed by atoms with Crippen LogP contribution in [0.5, 0.6) is 0 Å². The van der Waals surface area contributed by atoms with Crippen LogP contribution in [0.4, 0.5) is 5.13 Å². The van der Waals surface area contributed by atoms with E-state index in [9.17, 15) is 9.35 Å². The number of rotatable bonds is 4. The first-order valence-corrected chi connectivity index (χ1v) is 6.94. The summed E-state index contributed by atoms with van der Waals surface area (Å²) in [4.78, 5) is 18.7. The Morgan fingerprint density at radius 1 is 1.44 bits per heavy atom. The lowest BCUT2D eigenvalue weighted by molar-refractivity contribution is -0.118. The van der Waals surface area contributed by atoms with Crippen LogP contribution < -0.4 is 10.9 Å². The first kappa shape index (κ1) is 12.8. The summed E-state index contributed by atoms with van der Waals surface area (Å²) in [6.45, 7) is 1.38. The van der Waals surface area contributed by atoms with E-state index in [1.165, 1.54) is 24.5 Å². The Bertz CT molecular complexity index is 532. The molecule has 6 nitrogen and oxygen atoms in total. The summed E-state index contributed by atoms with van der Waals surface area (Å²) in [6.07, 6.45) is 3.09. The Hall–Kier alpha value is -1.64. The van der Waals surface area contributed by atoms with Gasteiger partial charge in [0, 0.05) is 19.2 Å². The van der Waals surface area contributed by atoms with Gasteiger partial charge in [-0.15, -0.1) is 0 Å². The van der Waals surface area contributed by atoms with Gasteiger partial charge >= 0.3 is 0 Å². The summed E-state index contributed by atoms with van der Waals surface area (Å²) in [5.41, 5.74) is 5.02. The third-order valence-electron chi connectivity index (χ3n) is 1.84. The van der Waals surface area contributed by atoms with Crippen molar-refractivity contribution in [1.82, 2.24) is 15.4 Å². The number of hydrogen-bond acceptors (Lipinski definition) is 6. The zero-order chi connectivity index (χ0) is 13.0. The smallest absolute Gasteiger partial charge is 0.251 e. The third kappa shape index (κ3) is 3.19. The number of nitrogens with one attached hydrogen (secondary N) is 2. The fourth-order valence-corrected chi connectivity index (χ4v) is 3.12. The zero-order valence-corrected chi connectivity index (χ0v) is 11.0. The second-order valence-corrected chi connectivity index (χ2v) is 5.91. The summed E-state index contributed by atoms with van der Waals surface area (Å²) in [5.74, 6) is -0.224. The molecule has 0 aromatic carbocycles. The number of hydrazine groups is 1. The monoisotopic (exact) mass is 282 g/mol. The molecule has 18 heavy (non-hydrogen) atoms. The normalized spacial score (nSPS) is 11.9. The Kier molecular flexibility index (Phi) is 4.13. The molecule has 2 aromatic heterocycles. The van der Waals surface area contributed by atoms with E-state index < -0.39 is 11.2 Å². The molecule has 0 spiro atoms. The van der Waals surface area contributed by atoms with Crippen LogP contribution >= 0.6 is 11.3 Å². The van der Waals surface area contributed by atoms with Crippen LogP contribution in [0.3, 0.4) is 0 Å². The Morgan fingerprint density at radius 2 is 2.28 bits per heavy atom. The van der Waals surface area contributed by atoms with E-state index in [4.69, 9.17) is 0 Å². The fraction of sp³-hybridized carbons (Fsp3) is 0.100. The SMILES string of the molecule is CC(=O)NNc1ncc([S+]([O-])c2ccccn2)s1. The number of nitrogens with zero attached hydrogens (tertiary/aromatic N) is 2. The number of anilines is 1. The van der Waals surface area contributed by atoms with Crippen molar-refractivity contribution in [2.24, 2.45) is 0 Å². The maximum atomic E-state index is 12.1. The minimum absolute atomic E-state index is 0.224. The molecule has 2 aromatic rings. The molecule has 8 heteroatoms. The van der Waals surface area contributed by atoms with Crippen molar-refractivity contribution in [1.29, 1.82) is 0 Å². The first-order valence-electron chi connectivity index (χ1n) is 4.98. The highest BCUT2D eigenvalue weighted by atomic mass is 32.2. The summed E-state index contributed by atoms with van der Waals surface area (Å²) in [5, 5.41) is 0.955. The molecule has 0 aliphatic carbocycles. The van der Waals surface area contributed by atoms with Gasteiger partial charge in [-0.1, -0.05) is 6.07 Å². The quantitative estimate of drug-likeness (QED) is 0.649. The van der Waals surface area contributed by atoms with Crippen molar-refractivity contribution in [3.8, 4) is 0 Å². The van der Waals surface area contributed by atoms with Crippen LogP contribution in [-0.4, -0.2) is 20.4 Å². The second kappa shape index (κ2) is 5.80. The highest BCUT2D eigenvalue weighted by Crippen LogP contribution is 2.26. The minimum Gasteiger partial charge on any atom is -0.605 e. The predicted molar refractivity (Wildman–Crippen MR) is 68.5 cm³/mol. The molecule has 0 aliphatic heterocycles. The van der Waals surface area contributed by atoms with Crippen LogP contribution in [0.1, 0.15) is 6.92 Å². The Balaban J connectivity index is 2.08. The van der Waals surface area contributed by atoms with Crippen molar-refractivity contribution in [3.63, 3.8) is 0 Å². The van der Waals surface area contributed by atoms with E-state index in [1.807, 2.05) is 0 Å². The van der Waals surface area contributed by atoms with E-state index in [0.717, 1.165) is 0 Å². The van der Waals surface area contributed by atoms with Gasteiger partial charge < -0.3 is 4.55 Å². The van der Waals surface area contributed by atoms with Crippen molar-refractivity contribution < 1.29 is 9.35 Å². The predicted octanol–water partition coefficient (Wildman–Crippen LogP) is 1.17. The summed E-state index contributed by atoms with van der Waals surface area (Å²) >= 11 is -0.147. The van der Waals surface area contributed by atoms with Crippen LogP contribution in [0.2, 0.25) is 0 Å². The van der Waals surface area contributed by atoms with E-state index in [2.05, 4.69) is 20.8 Å². The molecule has 0 aliphatic rings. The number of amides is 1. The maximum absolute atomic E-state index is 12.1. The molecule has 1 unspecified atom stereocenters. The number of aromatic nitrogens is 2. The molecule has 0 radical (unpaired) electrons. The largest absolute Gasteiger partial charge is 0.605 e. The number of carbonyl (C=O) groups is 1. The van der Waals surface area contributed by atoms with Gasteiger partial charge in [0.05, 0.1) is 17.4 Å². The van der Waals surface area contributed by atoms with Gasteiger partial charge in [-0.3, -0.25) is 15.6 Å². The second-order valence-electron chi connectivity index (χ2n) is 3.23. The van der Waals surface area contributed by atoms with E-state index >= 15 is 0 Å². The van der Waals surface area contributed by atoms with Gasteiger partial charge in [-0.2, -0.15) is 0 Å². The number of hydrogen-bond donors (Lipinski definition) is 2. The van der Waals surface area contributed by atoms with Crippen LogP contribution in [-0.2, 0) is 16.0 Å². The molecule has 2 heterocycles. The van der Waals surface area contributed by atoms with Crippen LogP contribution in [0, 0.1) is 0 Å². The molecule has 0 fully saturated rings. The molecule has 0 saturated carbocycles. The average molecular weight is 282 g/mol. The number of thiazole rings is 1. The lowest BCUT2D eigenvalue weighted by Gasteiger charge is -2.04. The molecule has 1 amide bonds. The average Bonchev–Trinajstić information content (AvgIpc) is 2.85. The molecule has 94 valence electrons. The number of carbonyl (C=O) groups excluding carboxylic acids is 1. The molecule has 1 atom stereocenters. The lowest BCUT2D eigenvalue weighted by atomic mass is 10.5. The molecule has 0 bridgehead atoms. The Labute approximate surface area is 111 Å². The van der Waals surface area contributed by atoms with Crippen LogP contribution in [0.25, 0.3) is 0 Å². The maximum Gasteiger partial charge on any atom is 0.251 e. The fourth-order valence-electron chi connectivity index (χ4n) is 1.10. The topological polar surface area (TPSA) is 90.0 Å². The zero-order valence-electron chi connectivity index (χ0n) is 9.41. The Morgan fingerprint density at radius 3 is 2.94 bits per heavy atom. The molecular formula is C10H10N4O2S2. The molecular weight excluding hydrogens is 272 g/mol. The molecule has 2 rings (SSSR count). The summed E-state index contributed by atoms with van der Waals surface area (Å²) < 4.78 is 12.7. The van der Waals surface area contributed by atoms with Crippen molar-refractivity contribution >= 4 is 33.6 Å². The molecule has 2 N–H and O–H groups in total. The first-order chi connectivity index (χ1) is 8.66. The highest BCUT2D eigenvalue weighted by molar-refractivity contribution is 7.93. The van der Waals surface area contributed by atoms with Gasteiger partial charge in [-0.25, -0.2) is 9.97 Å². The highest BCUT2D eigenvalue weighted by Gasteiger charge is 2.19. The van der Waals surface area contributed by atoms with Gasteiger partial charge in [0.15, 0.2) is 0 Å². The van der Waals surface area contributed by atoms with Crippen molar-refractivity contribution in [2.45, 2.75) is 16.2 Å².